The van der Waals surface area contributed by atoms with Crippen LogP contribution in [0, 0.1) is 13.8 Å². The zero-order valence-corrected chi connectivity index (χ0v) is 20.5. The average molecular weight is 479 g/mol. The molecule has 1 aromatic heterocycles. The van der Waals surface area contributed by atoms with Crippen molar-refractivity contribution in [2.45, 2.75) is 26.8 Å². The van der Waals surface area contributed by atoms with E-state index in [9.17, 15) is 9.59 Å². The topological polar surface area (TPSA) is 99.0 Å². The third kappa shape index (κ3) is 6.89. The molecule has 0 unspecified atom stereocenters. The molecule has 1 heterocycles. The lowest BCUT2D eigenvalue weighted by Gasteiger charge is -2.17. The van der Waals surface area contributed by atoms with E-state index in [2.05, 4.69) is 10.6 Å². The van der Waals surface area contributed by atoms with Gasteiger partial charge >= 0.3 is 0 Å². The van der Waals surface area contributed by atoms with E-state index in [1.54, 1.807) is 24.3 Å². The van der Waals surface area contributed by atoms with Crippen LogP contribution in [-0.2, 0) is 4.79 Å². The summed E-state index contributed by atoms with van der Waals surface area (Å²) >= 11 is 0. The fourth-order valence-corrected chi connectivity index (χ4v) is 3.21. The number of furan rings is 1. The molecular formula is C27H30N2O6. The van der Waals surface area contributed by atoms with Crippen LogP contribution in [0.2, 0.25) is 0 Å². The van der Waals surface area contributed by atoms with Gasteiger partial charge in [0.2, 0.25) is 0 Å². The van der Waals surface area contributed by atoms with Crippen molar-refractivity contribution in [1.82, 2.24) is 10.6 Å². The maximum Gasteiger partial charge on any atom is 0.268 e. The lowest BCUT2D eigenvalue weighted by molar-refractivity contribution is -0.118. The van der Waals surface area contributed by atoms with E-state index in [0.717, 1.165) is 11.3 Å². The SMILES string of the molecule is COc1ccc(C(=O)N/C(=C\c2ccco2)C(=O)N[C@H](C)COc2ccc(C)c(C)c2)cc1OC. The summed E-state index contributed by atoms with van der Waals surface area (Å²) in [6.07, 6.45) is 2.95. The van der Waals surface area contributed by atoms with Gasteiger partial charge in [0.1, 0.15) is 23.8 Å². The number of nitrogens with one attached hydrogen (secondary N) is 2. The van der Waals surface area contributed by atoms with Crippen LogP contribution in [0.15, 0.2) is 64.9 Å². The average Bonchev–Trinajstić information content (AvgIpc) is 3.37. The Morgan fingerprint density at radius 3 is 2.43 bits per heavy atom. The molecule has 0 bridgehead atoms. The van der Waals surface area contributed by atoms with Crippen LogP contribution in [0.5, 0.6) is 17.2 Å². The second-order valence-corrected chi connectivity index (χ2v) is 8.03. The third-order valence-electron chi connectivity index (χ3n) is 5.32. The number of ether oxygens (including phenoxy) is 3. The van der Waals surface area contributed by atoms with Crippen LogP contribution in [0.3, 0.4) is 0 Å². The van der Waals surface area contributed by atoms with Gasteiger partial charge in [0, 0.05) is 11.6 Å². The molecule has 184 valence electrons. The largest absolute Gasteiger partial charge is 0.493 e. The molecule has 0 aliphatic carbocycles. The molecule has 0 aliphatic heterocycles. The van der Waals surface area contributed by atoms with Gasteiger partial charge in [-0.2, -0.15) is 0 Å². The Balaban J connectivity index is 1.71. The minimum atomic E-state index is -0.488. The molecule has 0 fully saturated rings. The molecule has 3 rings (SSSR count). The van der Waals surface area contributed by atoms with Crippen molar-refractivity contribution in [3.05, 3.63) is 82.9 Å². The molecule has 0 spiro atoms. The van der Waals surface area contributed by atoms with E-state index in [1.807, 2.05) is 39.0 Å². The Hall–Kier alpha value is -4.20. The fraction of sp³-hybridized carbons (Fsp3) is 0.259. The summed E-state index contributed by atoms with van der Waals surface area (Å²) in [6, 6.07) is 13.6. The summed E-state index contributed by atoms with van der Waals surface area (Å²) in [6.45, 7) is 6.12. The fourth-order valence-electron chi connectivity index (χ4n) is 3.21. The molecule has 2 amide bonds. The first kappa shape index (κ1) is 25.4. The van der Waals surface area contributed by atoms with Crippen LogP contribution >= 0.6 is 0 Å². The lowest BCUT2D eigenvalue weighted by Crippen LogP contribution is -2.41. The van der Waals surface area contributed by atoms with Gasteiger partial charge in [-0.1, -0.05) is 6.07 Å². The number of benzene rings is 2. The maximum atomic E-state index is 13.0. The summed E-state index contributed by atoms with van der Waals surface area (Å²) in [5.41, 5.74) is 2.63. The Labute approximate surface area is 204 Å². The Kier molecular flexibility index (Phi) is 8.56. The molecule has 8 nitrogen and oxygen atoms in total. The molecule has 2 aromatic carbocycles. The number of hydrogen-bond donors (Lipinski definition) is 2. The normalized spacial score (nSPS) is 12.0. The monoisotopic (exact) mass is 478 g/mol. The smallest absolute Gasteiger partial charge is 0.268 e. The van der Waals surface area contributed by atoms with Crippen molar-refractivity contribution in [3.63, 3.8) is 0 Å². The second-order valence-electron chi connectivity index (χ2n) is 8.03. The van der Waals surface area contributed by atoms with E-state index in [-0.39, 0.29) is 18.3 Å². The van der Waals surface area contributed by atoms with Crippen LogP contribution in [-0.4, -0.2) is 38.7 Å². The Morgan fingerprint density at radius 1 is 1.00 bits per heavy atom. The van der Waals surface area contributed by atoms with Gasteiger partial charge in [0.05, 0.1) is 26.5 Å². The summed E-state index contributed by atoms with van der Waals surface area (Å²) in [5, 5.41) is 5.52. The molecule has 3 aromatic rings. The maximum absolute atomic E-state index is 13.0. The summed E-state index contributed by atoms with van der Waals surface area (Å²) in [7, 11) is 2.99. The molecule has 0 radical (unpaired) electrons. The van der Waals surface area contributed by atoms with Crippen molar-refractivity contribution in [1.29, 1.82) is 0 Å². The predicted octanol–water partition coefficient (Wildman–Crippen LogP) is 4.27. The predicted molar refractivity (Wildman–Crippen MR) is 133 cm³/mol. The first-order valence-electron chi connectivity index (χ1n) is 11.1. The number of hydrogen-bond acceptors (Lipinski definition) is 6. The highest BCUT2D eigenvalue weighted by molar-refractivity contribution is 6.05. The van der Waals surface area contributed by atoms with Crippen LogP contribution < -0.4 is 24.8 Å². The molecule has 2 N–H and O–H groups in total. The number of methoxy groups -OCH3 is 2. The summed E-state index contributed by atoms with van der Waals surface area (Å²) in [4.78, 5) is 26.0. The quantitative estimate of drug-likeness (QED) is 0.422. The van der Waals surface area contributed by atoms with Gasteiger partial charge in [-0.3, -0.25) is 9.59 Å². The molecular weight excluding hydrogens is 448 g/mol. The van der Waals surface area contributed by atoms with Crippen molar-refractivity contribution >= 4 is 17.9 Å². The highest BCUT2D eigenvalue weighted by Crippen LogP contribution is 2.27. The van der Waals surface area contributed by atoms with E-state index in [4.69, 9.17) is 18.6 Å². The van der Waals surface area contributed by atoms with Gasteiger partial charge in [0.15, 0.2) is 11.5 Å². The highest BCUT2D eigenvalue weighted by Gasteiger charge is 2.19. The Bertz CT molecular complexity index is 1200. The van der Waals surface area contributed by atoms with E-state index in [1.165, 1.54) is 38.2 Å². The number of amides is 2. The Morgan fingerprint density at radius 2 is 1.77 bits per heavy atom. The zero-order valence-electron chi connectivity index (χ0n) is 20.5. The van der Waals surface area contributed by atoms with Gasteiger partial charge in [-0.05, 0) is 74.4 Å². The standard InChI is InChI=1S/C27H30N2O6/c1-17-8-10-22(13-18(17)2)35-16-19(3)28-27(31)23(15-21-7-6-12-34-21)29-26(30)20-9-11-24(32-4)25(14-20)33-5/h6-15,19H,16H2,1-5H3,(H,28,31)(H,29,30)/b23-15-/t19-/m1/s1. The minimum Gasteiger partial charge on any atom is -0.493 e. The van der Waals surface area contributed by atoms with Crippen LogP contribution in [0.1, 0.15) is 34.2 Å². The molecule has 0 saturated carbocycles. The van der Waals surface area contributed by atoms with Crippen LogP contribution in [0.4, 0.5) is 0 Å². The lowest BCUT2D eigenvalue weighted by atomic mass is 10.1. The second kappa shape index (κ2) is 11.8. The van der Waals surface area contributed by atoms with Gasteiger partial charge < -0.3 is 29.3 Å². The zero-order chi connectivity index (χ0) is 25.4. The van der Waals surface area contributed by atoms with Crippen molar-refractivity contribution < 1.29 is 28.2 Å². The van der Waals surface area contributed by atoms with Crippen molar-refractivity contribution in [3.8, 4) is 17.2 Å². The van der Waals surface area contributed by atoms with E-state index in [0.29, 0.717) is 22.8 Å². The highest BCUT2D eigenvalue weighted by atomic mass is 16.5. The van der Waals surface area contributed by atoms with Crippen molar-refractivity contribution in [2.75, 3.05) is 20.8 Å². The number of rotatable bonds is 10. The molecule has 35 heavy (non-hydrogen) atoms. The molecule has 0 aliphatic rings. The third-order valence-corrected chi connectivity index (χ3v) is 5.32. The molecule has 8 heteroatoms. The summed E-state index contributed by atoms with van der Waals surface area (Å²) in [5.74, 6) is 1.07. The number of carbonyl (C=O) groups is 2. The van der Waals surface area contributed by atoms with Gasteiger partial charge in [-0.25, -0.2) is 0 Å². The molecule has 1 atom stereocenters. The number of aryl methyl sites for hydroxylation is 2. The van der Waals surface area contributed by atoms with Gasteiger partial charge in [0.25, 0.3) is 11.8 Å². The van der Waals surface area contributed by atoms with E-state index >= 15 is 0 Å². The van der Waals surface area contributed by atoms with Crippen molar-refractivity contribution in [2.24, 2.45) is 0 Å². The molecule has 0 saturated heterocycles. The first-order chi connectivity index (χ1) is 16.8. The first-order valence-corrected chi connectivity index (χ1v) is 11.1. The number of carbonyl (C=O) groups excluding carboxylic acids is 2. The van der Waals surface area contributed by atoms with Gasteiger partial charge in [-0.15, -0.1) is 0 Å². The van der Waals surface area contributed by atoms with E-state index < -0.39 is 11.8 Å². The minimum absolute atomic E-state index is 0.0257. The van der Waals surface area contributed by atoms with Crippen LogP contribution in [0.25, 0.3) is 6.08 Å². The summed E-state index contributed by atoms with van der Waals surface area (Å²) < 4.78 is 21.6.